The molecule has 1 amide bonds. The number of nitrogens with zero attached hydrogens (tertiary/aromatic N) is 1. The van der Waals surface area contributed by atoms with Gasteiger partial charge in [-0.2, -0.15) is 0 Å². The van der Waals surface area contributed by atoms with Crippen LogP contribution in [0.3, 0.4) is 0 Å². The number of guanidine groups is 1. The number of amides is 1. The summed E-state index contributed by atoms with van der Waals surface area (Å²) in [4.78, 5) is 15.5. The monoisotopic (exact) mass is 226 g/mol. The van der Waals surface area contributed by atoms with Crippen LogP contribution in [-0.2, 0) is 4.79 Å². The second-order valence-corrected chi connectivity index (χ2v) is 4.11. The van der Waals surface area contributed by atoms with Crippen molar-refractivity contribution < 1.29 is 4.79 Å². The van der Waals surface area contributed by atoms with Crippen LogP contribution < -0.4 is 16.0 Å². The van der Waals surface area contributed by atoms with Gasteiger partial charge in [-0.15, -0.1) is 0 Å². The highest BCUT2D eigenvalue weighted by Gasteiger charge is 2.33. The maximum Gasteiger partial charge on any atom is 0.241 e. The number of aliphatic imine (C=N–C) groups is 1. The summed E-state index contributed by atoms with van der Waals surface area (Å²) in [6.07, 6.45) is 1.19. The van der Waals surface area contributed by atoms with Crippen molar-refractivity contribution in [1.29, 1.82) is 0 Å². The average molecular weight is 226 g/mol. The molecule has 0 aliphatic heterocycles. The molecule has 1 saturated carbocycles. The third kappa shape index (κ3) is 4.51. The van der Waals surface area contributed by atoms with E-state index in [-0.39, 0.29) is 12.5 Å². The highest BCUT2D eigenvalue weighted by Crippen LogP contribution is 2.28. The van der Waals surface area contributed by atoms with E-state index in [1.807, 2.05) is 13.8 Å². The zero-order valence-electron chi connectivity index (χ0n) is 10.3. The molecule has 0 aromatic heterocycles. The highest BCUT2D eigenvalue weighted by atomic mass is 16.1. The molecule has 2 unspecified atom stereocenters. The zero-order valence-corrected chi connectivity index (χ0v) is 10.3. The van der Waals surface area contributed by atoms with Gasteiger partial charge in [-0.3, -0.25) is 4.79 Å². The Hall–Kier alpha value is -1.26. The number of carbonyl (C=O) groups is 1. The van der Waals surface area contributed by atoms with Crippen molar-refractivity contribution in [2.24, 2.45) is 10.9 Å². The first-order valence-electron chi connectivity index (χ1n) is 5.98. The first-order chi connectivity index (χ1) is 7.67. The fraction of sp³-hybridized carbons (Fsp3) is 0.818. The molecule has 1 aliphatic rings. The Balaban J connectivity index is 2.35. The predicted octanol–water partition coefficient (Wildman–Crippen LogP) is 0.0860. The fourth-order valence-electron chi connectivity index (χ4n) is 1.42. The second-order valence-electron chi connectivity index (χ2n) is 4.11. The lowest BCUT2D eigenvalue weighted by Crippen LogP contribution is -2.40. The normalized spacial score (nSPS) is 23.8. The van der Waals surface area contributed by atoms with Gasteiger partial charge in [0.1, 0.15) is 6.54 Å². The number of likely N-dealkylation sites (N-methyl/N-ethyl adjacent to an activating group) is 1. The number of carbonyl (C=O) groups excluding carboxylic acids is 1. The Bertz CT molecular complexity index is 265. The molecule has 1 rings (SSSR count). The molecule has 5 nitrogen and oxygen atoms in total. The lowest BCUT2D eigenvalue weighted by Gasteiger charge is -2.10. The van der Waals surface area contributed by atoms with Gasteiger partial charge in [-0.05, 0) is 26.2 Å². The van der Waals surface area contributed by atoms with Crippen molar-refractivity contribution in [2.75, 3.05) is 19.6 Å². The summed E-state index contributed by atoms with van der Waals surface area (Å²) >= 11 is 0. The smallest absolute Gasteiger partial charge is 0.241 e. The van der Waals surface area contributed by atoms with Crippen molar-refractivity contribution in [2.45, 2.75) is 33.2 Å². The molecular formula is C11H22N4O. The second kappa shape index (κ2) is 6.35. The molecule has 1 aliphatic carbocycles. The van der Waals surface area contributed by atoms with Crippen LogP contribution in [0.25, 0.3) is 0 Å². The van der Waals surface area contributed by atoms with Gasteiger partial charge in [0.15, 0.2) is 5.96 Å². The molecule has 0 heterocycles. The van der Waals surface area contributed by atoms with Gasteiger partial charge in [-0.1, -0.05) is 6.92 Å². The van der Waals surface area contributed by atoms with E-state index < -0.39 is 0 Å². The van der Waals surface area contributed by atoms with Crippen LogP contribution in [0.15, 0.2) is 4.99 Å². The van der Waals surface area contributed by atoms with E-state index in [0.29, 0.717) is 18.5 Å². The molecule has 0 aromatic carbocycles. The van der Waals surface area contributed by atoms with Gasteiger partial charge in [0, 0.05) is 19.1 Å². The SMILES string of the molecule is CCNC(=O)CN=C(NCC)NC1CC1C. The number of hydrogen-bond acceptors (Lipinski definition) is 2. The molecule has 3 N–H and O–H groups in total. The Labute approximate surface area is 97.1 Å². The van der Waals surface area contributed by atoms with Crippen LogP contribution in [0, 0.1) is 5.92 Å². The maximum atomic E-state index is 11.2. The molecular weight excluding hydrogens is 204 g/mol. The topological polar surface area (TPSA) is 65.5 Å². The summed E-state index contributed by atoms with van der Waals surface area (Å²) in [5, 5.41) is 9.15. The van der Waals surface area contributed by atoms with Crippen molar-refractivity contribution in [3.63, 3.8) is 0 Å². The Morgan fingerprint density at radius 2 is 1.94 bits per heavy atom. The van der Waals surface area contributed by atoms with Gasteiger partial charge in [-0.25, -0.2) is 4.99 Å². The Kier molecular flexibility index (Phi) is 5.08. The molecule has 5 heteroatoms. The minimum atomic E-state index is -0.0384. The summed E-state index contributed by atoms with van der Waals surface area (Å²) in [6.45, 7) is 7.76. The summed E-state index contributed by atoms with van der Waals surface area (Å²) < 4.78 is 0. The molecule has 16 heavy (non-hydrogen) atoms. The van der Waals surface area contributed by atoms with Gasteiger partial charge >= 0.3 is 0 Å². The first-order valence-corrected chi connectivity index (χ1v) is 5.98. The van der Waals surface area contributed by atoms with E-state index in [0.717, 1.165) is 12.5 Å². The molecule has 2 atom stereocenters. The van der Waals surface area contributed by atoms with Crippen molar-refractivity contribution >= 4 is 11.9 Å². The fourth-order valence-corrected chi connectivity index (χ4v) is 1.42. The standard InChI is InChI=1S/C11H22N4O/c1-4-12-10(16)7-14-11(13-5-2)15-9-6-8(9)3/h8-9H,4-7H2,1-3H3,(H,12,16)(H2,13,14,15). The minimum absolute atomic E-state index is 0.0384. The Morgan fingerprint density at radius 1 is 1.31 bits per heavy atom. The summed E-state index contributed by atoms with van der Waals surface area (Å²) in [5.74, 6) is 1.42. The molecule has 0 saturated heterocycles. The molecule has 0 spiro atoms. The van der Waals surface area contributed by atoms with E-state index in [9.17, 15) is 4.79 Å². The summed E-state index contributed by atoms with van der Waals surface area (Å²) in [5.41, 5.74) is 0. The van der Waals surface area contributed by atoms with Gasteiger partial charge in [0.2, 0.25) is 5.91 Å². The van der Waals surface area contributed by atoms with Crippen LogP contribution >= 0.6 is 0 Å². The maximum absolute atomic E-state index is 11.2. The Morgan fingerprint density at radius 3 is 2.44 bits per heavy atom. The van der Waals surface area contributed by atoms with Crippen LogP contribution in [0.4, 0.5) is 0 Å². The number of hydrogen-bond donors (Lipinski definition) is 3. The van der Waals surface area contributed by atoms with Gasteiger partial charge in [0.25, 0.3) is 0 Å². The minimum Gasteiger partial charge on any atom is -0.357 e. The summed E-state index contributed by atoms with van der Waals surface area (Å²) in [7, 11) is 0. The third-order valence-electron chi connectivity index (χ3n) is 2.53. The number of nitrogens with one attached hydrogen (secondary N) is 3. The first kappa shape index (κ1) is 12.8. The van der Waals surface area contributed by atoms with E-state index >= 15 is 0 Å². The number of rotatable bonds is 5. The van der Waals surface area contributed by atoms with Crippen molar-refractivity contribution in [1.82, 2.24) is 16.0 Å². The van der Waals surface area contributed by atoms with E-state index in [1.54, 1.807) is 0 Å². The van der Waals surface area contributed by atoms with E-state index in [4.69, 9.17) is 0 Å². The highest BCUT2D eigenvalue weighted by molar-refractivity contribution is 5.85. The largest absolute Gasteiger partial charge is 0.357 e. The molecule has 0 aromatic rings. The summed E-state index contributed by atoms with van der Waals surface area (Å²) in [6, 6.07) is 0.520. The third-order valence-corrected chi connectivity index (χ3v) is 2.53. The van der Waals surface area contributed by atoms with Gasteiger partial charge in [0.05, 0.1) is 0 Å². The average Bonchev–Trinajstić information content (AvgIpc) is 2.92. The lowest BCUT2D eigenvalue weighted by atomic mass is 10.5. The van der Waals surface area contributed by atoms with Crippen molar-refractivity contribution in [3.05, 3.63) is 0 Å². The van der Waals surface area contributed by atoms with Crippen LogP contribution in [-0.4, -0.2) is 37.5 Å². The van der Waals surface area contributed by atoms with Crippen LogP contribution in [0.5, 0.6) is 0 Å². The predicted molar refractivity (Wildman–Crippen MR) is 65.4 cm³/mol. The molecule has 1 fully saturated rings. The van der Waals surface area contributed by atoms with E-state index in [2.05, 4.69) is 27.9 Å². The molecule has 0 radical (unpaired) electrons. The van der Waals surface area contributed by atoms with Crippen LogP contribution in [0.1, 0.15) is 27.2 Å². The van der Waals surface area contributed by atoms with Gasteiger partial charge < -0.3 is 16.0 Å². The lowest BCUT2D eigenvalue weighted by molar-refractivity contribution is -0.119. The van der Waals surface area contributed by atoms with E-state index in [1.165, 1.54) is 6.42 Å². The quantitative estimate of drug-likeness (QED) is 0.460. The molecule has 0 bridgehead atoms. The zero-order chi connectivity index (χ0) is 12.0. The van der Waals surface area contributed by atoms with Crippen LogP contribution in [0.2, 0.25) is 0 Å². The van der Waals surface area contributed by atoms with Crippen molar-refractivity contribution in [3.8, 4) is 0 Å². The molecule has 92 valence electrons.